The summed E-state index contributed by atoms with van der Waals surface area (Å²) in [6.07, 6.45) is 1.14. The fourth-order valence-electron chi connectivity index (χ4n) is 1.84. The van der Waals surface area contributed by atoms with Crippen molar-refractivity contribution < 1.29 is 0 Å². The zero-order chi connectivity index (χ0) is 13.6. The van der Waals surface area contributed by atoms with E-state index >= 15 is 0 Å². The van der Waals surface area contributed by atoms with Gasteiger partial charge >= 0.3 is 0 Å². The molecule has 0 bridgehead atoms. The molecule has 0 spiro atoms. The van der Waals surface area contributed by atoms with Crippen LogP contribution in [0.15, 0.2) is 12.1 Å². The molecular formula is C14H26N4. The van der Waals surface area contributed by atoms with Gasteiger partial charge in [0.25, 0.3) is 0 Å². The molecule has 0 saturated carbocycles. The summed E-state index contributed by atoms with van der Waals surface area (Å²) in [6, 6.07) is 4.09. The molecule has 0 aliphatic rings. The summed E-state index contributed by atoms with van der Waals surface area (Å²) in [5.74, 6) is 0.934. The van der Waals surface area contributed by atoms with Crippen LogP contribution in [0.2, 0.25) is 0 Å². The van der Waals surface area contributed by atoms with Gasteiger partial charge < -0.3 is 10.2 Å². The summed E-state index contributed by atoms with van der Waals surface area (Å²) in [7, 11) is 2.06. The van der Waals surface area contributed by atoms with Gasteiger partial charge in [0, 0.05) is 20.1 Å². The molecule has 0 unspecified atom stereocenters. The molecule has 1 rings (SSSR count). The minimum atomic E-state index is 0.262. The second-order valence-corrected chi connectivity index (χ2v) is 5.98. The number of hydrogen-bond donors (Lipinski definition) is 1. The average Bonchev–Trinajstić information content (AvgIpc) is 2.28. The lowest BCUT2D eigenvalue weighted by atomic mass is 9.96. The molecule has 0 atom stereocenters. The fraction of sp³-hybridized carbons (Fsp3) is 0.714. The van der Waals surface area contributed by atoms with Crippen LogP contribution in [0.25, 0.3) is 0 Å². The van der Waals surface area contributed by atoms with E-state index in [0.717, 1.165) is 37.6 Å². The molecule has 1 N–H and O–H groups in total. The van der Waals surface area contributed by atoms with Gasteiger partial charge in [-0.05, 0) is 30.5 Å². The Kier molecular flexibility index (Phi) is 5.54. The number of nitrogens with one attached hydrogen (secondary N) is 1. The quantitative estimate of drug-likeness (QED) is 0.787. The number of anilines is 1. The lowest BCUT2D eigenvalue weighted by Crippen LogP contribution is -2.30. The number of hydrogen-bond acceptors (Lipinski definition) is 4. The Morgan fingerprint density at radius 2 is 1.94 bits per heavy atom. The van der Waals surface area contributed by atoms with Gasteiger partial charge in [0.2, 0.25) is 0 Å². The molecule has 0 amide bonds. The Labute approximate surface area is 111 Å². The highest BCUT2D eigenvalue weighted by Gasteiger charge is 2.14. The van der Waals surface area contributed by atoms with Crippen LogP contribution >= 0.6 is 0 Å². The minimum absolute atomic E-state index is 0.262. The molecule has 1 aromatic rings. The Balaban J connectivity index is 2.54. The zero-order valence-electron chi connectivity index (χ0n) is 12.3. The summed E-state index contributed by atoms with van der Waals surface area (Å²) < 4.78 is 0. The maximum absolute atomic E-state index is 4.28. The first-order chi connectivity index (χ1) is 8.42. The molecule has 4 nitrogen and oxygen atoms in total. The van der Waals surface area contributed by atoms with E-state index in [1.165, 1.54) is 0 Å². The monoisotopic (exact) mass is 250 g/mol. The van der Waals surface area contributed by atoms with Crippen molar-refractivity contribution >= 4 is 5.82 Å². The maximum atomic E-state index is 4.28. The van der Waals surface area contributed by atoms with Crippen molar-refractivity contribution in [3.63, 3.8) is 0 Å². The third-order valence-corrected chi connectivity index (χ3v) is 2.54. The van der Waals surface area contributed by atoms with Crippen molar-refractivity contribution in [1.29, 1.82) is 0 Å². The molecule has 18 heavy (non-hydrogen) atoms. The largest absolute Gasteiger partial charge is 0.358 e. The minimum Gasteiger partial charge on any atom is -0.358 e. The fourth-order valence-corrected chi connectivity index (χ4v) is 1.84. The SMILES string of the molecule is CCCNCc1ccc(N(C)CC(C)(C)C)nn1. The summed E-state index contributed by atoms with van der Waals surface area (Å²) >= 11 is 0. The molecule has 0 aliphatic heterocycles. The van der Waals surface area contributed by atoms with Crippen molar-refractivity contribution in [2.45, 2.75) is 40.7 Å². The van der Waals surface area contributed by atoms with Gasteiger partial charge in [-0.15, -0.1) is 5.10 Å². The van der Waals surface area contributed by atoms with Crippen LogP contribution < -0.4 is 10.2 Å². The number of rotatable bonds is 6. The van der Waals surface area contributed by atoms with E-state index in [0.29, 0.717) is 0 Å². The van der Waals surface area contributed by atoms with E-state index in [1.54, 1.807) is 0 Å². The second kappa shape index (κ2) is 6.69. The van der Waals surface area contributed by atoms with E-state index in [1.807, 2.05) is 12.1 Å². The lowest BCUT2D eigenvalue weighted by Gasteiger charge is -2.27. The summed E-state index contributed by atoms with van der Waals surface area (Å²) in [5.41, 5.74) is 1.26. The molecule has 0 aromatic carbocycles. The van der Waals surface area contributed by atoms with Crippen LogP contribution in [0.5, 0.6) is 0 Å². The summed E-state index contributed by atoms with van der Waals surface area (Å²) in [6.45, 7) is 11.6. The van der Waals surface area contributed by atoms with E-state index < -0.39 is 0 Å². The van der Waals surface area contributed by atoms with Crippen LogP contribution in [-0.4, -0.2) is 30.3 Å². The summed E-state index contributed by atoms with van der Waals surface area (Å²) in [4.78, 5) is 2.15. The van der Waals surface area contributed by atoms with Crippen LogP contribution in [0.4, 0.5) is 5.82 Å². The van der Waals surface area contributed by atoms with E-state index in [9.17, 15) is 0 Å². The molecule has 0 saturated heterocycles. The standard InChI is InChI=1S/C14H26N4/c1-6-9-15-10-12-7-8-13(17-16-12)18(5)11-14(2,3)4/h7-8,15H,6,9-11H2,1-5H3. The highest BCUT2D eigenvalue weighted by molar-refractivity contribution is 5.36. The second-order valence-electron chi connectivity index (χ2n) is 5.98. The molecule has 4 heteroatoms. The van der Waals surface area contributed by atoms with Crippen molar-refractivity contribution in [3.05, 3.63) is 17.8 Å². The van der Waals surface area contributed by atoms with Gasteiger partial charge in [-0.25, -0.2) is 0 Å². The molecule has 0 fully saturated rings. The highest BCUT2D eigenvalue weighted by atomic mass is 15.2. The topological polar surface area (TPSA) is 41.0 Å². The summed E-state index contributed by atoms with van der Waals surface area (Å²) in [5, 5.41) is 11.8. The van der Waals surface area contributed by atoms with Gasteiger partial charge in [0.1, 0.15) is 0 Å². The molecule has 0 aliphatic carbocycles. The number of aromatic nitrogens is 2. The first kappa shape index (κ1) is 14.9. The average molecular weight is 250 g/mol. The van der Waals surface area contributed by atoms with Crippen molar-refractivity contribution in [3.8, 4) is 0 Å². The van der Waals surface area contributed by atoms with Crippen LogP contribution in [0.3, 0.4) is 0 Å². The first-order valence-electron chi connectivity index (χ1n) is 6.67. The Morgan fingerprint density at radius 3 is 2.44 bits per heavy atom. The van der Waals surface area contributed by atoms with Crippen molar-refractivity contribution in [2.24, 2.45) is 5.41 Å². The maximum Gasteiger partial charge on any atom is 0.151 e. The molecule has 102 valence electrons. The van der Waals surface area contributed by atoms with Crippen molar-refractivity contribution in [1.82, 2.24) is 15.5 Å². The Morgan fingerprint density at radius 1 is 1.22 bits per heavy atom. The van der Waals surface area contributed by atoms with Gasteiger partial charge in [-0.2, -0.15) is 5.10 Å². The van der Waals surface area contributed by atoms with Crippen LogP contribution in [0.1, 0.15) is 39.8 Å². The van der Waals surface area contributed by atoms with E-state index in [-0.39, 0.29) is 5.41 Å². The van der Waals surface area contributed by atoms with Crippen LogP contribution in [-0.2, 0) is 6.54 Å². The van der Waals surface area contributed by atoms with Crippen LogP contribution in [0, 0.1) is 5.41 Å². The molecule has 1 aromatic heterocycles. The van der Waals surface area contributed by atoms with E-state index in [2.05, 4.69) is 55.2 Å². The molecular weight excluding hydrogens is 224 g/mol. The van der Waals surface area contributed by atoms with Gasteiger partial charge in [0.05, 0.1) is 5.69 Å². The first-order valence-corrected chi connectivity index (χ1v) is 6.67. The molecule has 0 radical (unpaired) electrons. The van der Waals surface area contributed by atoms with Gasteiger partial charge in [0.15, 0.2) is 5.82 Å². The number of nitrogens with zero attached hydrogens (tertiary/aromatic N) is 3. The van der Waals surface area contributed by atoms with Gasteiger partial charge in [-0.3, -0.25) is 0 Å². The van der Waals surface area contributed by atoms with E-state index in [4.69, 9.17) is 0 Å². The normalized spacial score (nSPS) is 11.6. The smallest absolute Gasteiger partial charge is 0.151 e. The van der Waals surface area contributed by atoms with Crippen molar-refractivity contribution in [2.75, 3.05) is 25.0 Å². The lowest BCUT2D eigenvalue weighted by molar-refractivity contribution is 0.417. The van der Waals surface area contributed by atoms with Gasteiger partial charge in [-0.1, -0.05) is 27.7 Å². The third kappa shape index (κ3) is 5.45. The predicted octanol–water partition coefficient (Wildman–Crippen LogP) is 2.46. The Bertz CT molecular complexity index is 340. The Hall–Kier alpha value is -1.16. The zero-order valence-corrected chi connectivity index (χ0v) is 12.3. The predicted molar refractivity (Wildman–Crippen MR) is 76.8 cm³/mol. The molecule has 1 heterocycles. The highest BCUT2D eigenvalue weighted by Crippen LogP contribution is 2.17. The third-order valence-electron chi connectivity index (χ3n) is 2.54.